The third-order valence-electron chi connectivity index (χ3n) is 5.45. The van der Waals surface area contributed by atoms with Gasteiger partial charge in [0.1, 0.15) is 0 Å². The molecule has 0 radical (unpaired) electrons. The fourth-order valence-corrected chi connectivity index (χ4v) is 4.31. The van der Waals surface area contributed by atoms with Crippen LogP contribution in [0.25, 0.3) is 0 Å². The van der Waals surface area contributed by atoms with Crippen LogP contribution in [0.2, 0.25) is 0 Å². The van der Waals surface area contributed by atoms with E-state index in [-0.39, 0.29) is 11.8 Å². The predicted molar refractivity (Wildman–Crippen MR) is 99.6 cm³/mol. The summed E-state index contributed by atoms with van der Waals surface area (Å²) < 4.78 is 0. The maximum atomic E-state index is 12.5. The molecule has 3 rings (SSSR count). The fraction of sp³-hybridized carbons (Fsp3) is 0.600. The van der Waals surface area contributed by atoms with Gasteiger partial charge in [-0.15, -0.1) is 0 Å². The molecule has 5 heteroatoms. The Labute approximate surface area is 150 Å². The van der Waals surface area contributed by atoms with Gasteiger partial charge in [-0.2, -0.15) is 0 Å². The summed E-state index contributed by atoms with van der Waals surface area (Å²) in [5.41, 5.74) is 1.26. The topological polar surface area (TPSA) is 61.4 Å². The van der Waals surface area contributed by atoms with Crippen molar-refractivity contribution in [1.29, 1.82) is 0 Å². The van der Waals surface area contributed by atoms with Gasteiger partial charge in [0, 0.05) is 23.8 Å². The van der Waals surface area contributed by atoms with E-state index in [1.807, 2.05) is 13.0 Å². The van der Waals surface area contributed by atoms with Crippen molar-refractivity contribution in [3.8, 4) is 0 Å². The minimum atomic E-state index is -0.111. The van der Waals surface area contributed by atoms with Gasteiger partial charge in [-0.1, -0.05) is 18.9 Å². The molecule has 1 aromatic rings. The molecule has 1 aromatic carbocycles. The summed E-state index contributed by atoms with van der Waals surface area (Å²) in [6.45, 7) is 3.95. The lowest BCUT2D eigenvalue weighted by molar-refractivity contribution is -0.118. The van der Waals surface area contributed by atoms with E-state index in [9.17, 15) is 9.59 Å². The van der Waals surface area contributed by atoms with Crippen molar-refractivity contribution in [1.82, 2.24) is 10.2 Å². The van der Waals surface area contributed by atoms with Crippen LogP contribution in [-0.2, 0) is 4.79 Å². The van der Waals surface area contributed by atoms with E-state index in [0.29, 0.717) is 30.4 Å². The molecular weight excluding hydrogens is 314 g/mol. The Balaban J connectivity index is 1.58. The third kappa shape index (κ3) is 4.60. The van der Waals surface area contributed by atoms with Crippen LogP contribution in [0.1, 0.15) is 55.8 Å². The zero-order valence-electron chi connectivity index (χ0n) is 15.1. The number of nitrogens with zero attached hydrogens (tertiary/aromatic N) is 1. The SMILES string of the molecule is CCNC(=O)c1cccc(NC(=O)CN2CCC[C@@H]3CCCC[C@@H]32)c1. The highest BCUT2D eigenvalue weighted by atomic mass is 16.2. The number of anilines is 1. The Morgan fingerprint density at radius 3 is 2.80 bits per heavy atom. The Hall–Kier alpha value is -1.88. The molecule has 0 unspecified atom stereocenters. The number of benzene rings is 1. The average Bonchev–Trinajstić information content (AvgIpc) is 2.62. The molecule has 2 amide bonds. The molecule has 0 bridgehead atoms. The van der Waals surface area contributed by atoms with Crippen LogP contribution < -0.4 is 10.6 Å². The summed E-state index contributed by atoms with van der Waals surface area (Å²) in [5, 5.41) is 5.74. The number of piperidine rings is 1. The number of rotatable bonds is 5. The zero-order valence-corrected chi connectivity index (χ0v) is 15.1. The molecule has 136 valence electrons. The highest BCUT2D eigenvalue weighted by molar-refractivity contribution is 5.97. The summed E-state index contributed by atoms with van der Waals surface area (Å²) in [6, 6.07) is 7.72. The fourth-order valence-electron chi connectivity index (χ4n) is 4.31. The molecular formula is C20H29N3O2. The number of nitrogens with one attached hydrogen (secondary N) is 2. The van der Waals surface area contributed by atoms with Gasteiger partial charge >= 0.3 is 0 Å². The summed E-state index contributed by atoms with van der Waals surface area (Å²) in [5.74, 6) is 0.676. The van der Waals surface area contributed by atoms with Gasteiger partial charge < -0.3 is 10.6 Å². The molecule has 1 heterocycles. The molecule has 0 spiro atoms. The average molecular weight is 343 g/mol. The summed E-state index contributed by atoms with van der Waals surface area (Å²) >= 11 is 0. The molecule has 2 N–H and O–H groups in total. The Morgan fingerprint density at radius 2 is 1.96 bits per heavy atom. The smallest absolute Gasteiger partial charge is 0.251 e. The summed E-state index contributed by atoms with van der Waals surface area (Å²) in [4.78, 5) is 26.8. The second kappa shape index (κ2) is 8.48. The minimum Gasteiger partial charge on any atom is -0.352 e. The third-order valence-corrected chi connectivity index (χ3v) is 5.45. The summed E-state index contributed by atoms with van der Waals surface area (Å²) in [6.07, 6.45) is 7.68. The van der Waals surface area contributed by atoms with Crippen molar-refractivity contribution in [2.75, 3.05) is 25.0 Å². The molecule has 2 atom stereocenters. The standard InChI is InChI=1S/C20H29N3O2/c1-2-21-20(25)16-8-5-10-17(13-16)22-19(24)14-23-12-6-9-15-7-3-4-11-18(15)23/h5,8,10,13,15,18H,2-4,6-7,9,11-12,14H2,1H3,(H,21,25)(H,22,24)/t15-,18-/m0/s1. The van der Waals surface area contributed by atoms with Crippen molar-refractivity contribution < 1.29 is 9.59 Å². The van der Waals surface area contributed by atoms with Crippen LogP contribution in [0.3, 0.4) is 0 Å². The van der Waals surface area contributed by atoms with E-state index in [2.05, 4.69) is 15.5 Å². The number of likely N-dealkylation sites (tertiary alicyclic amines) is 1. The summed E-state index contributed by atoms with van der Waals surface area (Å²) in [7, 11) is 0. The molecule has 0 aromatic heterocycles. The van der Waals surface area contributed by atoms with Gasteiger partial charge in [-0.05, 0) is 63.3 Å². The van der Waals surface area contributed by atoms with Crippen LogP contribution >= 0.6 is 0 Å². The van der Waals surface area contributed by atoms with Crippen LogP contribution in [-0.4, -0.2) is 42.4 Å². The van der Waals surface area contributed by atoms with Gasteiger partial charge in [-0.3, -0.25) is 14.5 Å². The first-order valence-corrected chi connectivity index (χ1v) is 9.59. The largest absolute Gasteiger partial charge is 0.352 e. The second-order valence-corrected chi connectivity index (χ2v) is 7.21. The lowest BCUT2D eigenvalue weighted by Gasteiger charge is -2.43. The van der Waals surface area contributed by atoms with E-state index < -0.39 is 0 Å². The monoisotopic (exact) mass is 343 g/mol. The van der Waals surface area contributed by atoms with Crippen molar-refractivity contribution in [2.24, 2.45) is 5.92 Å². The van der Waals surface area contributed by atoms with E-state index in [1.165, 1.54) is 38.5 Å². The van der Waals surface area contributed by atoms with Gasteiger partial charge in [0.2, 0.25) is 5.91 Å². The number of amides is 2. The molecule has 1 aliphatic carbocycles. The number of carbonyl (C=O) groups is 2. The van der Waals surface area contributed by atoms with Gasteiger partial charge in [-0.25, -0.2) is 0 Å². The molecule has 1 saturated carbocycles. The van der Waals surface area contributed by atoms with Crippen molar-refractivity contribution in [3.63, 3.8) is 0 Å². The highest BCUT2D eigenvalue weighted by Gasteiger charge is 2.33. The normalized spacial score (nSPS) is 23.6. The Bertz CT molecular complexity index is 615. The second-order valence-electron chi connectivity index (χ2n) is 7.21. The lowest BCUT2D eigenvalue weighted by Crippen LogP contribution is -2.49. The predicted octanol–water partition coefficient (Wildman–Crippen LogP) is 3.03. The van der Waals surface area contributed by atoms with E-state index in [0.717, 1.165) is 12.5 Å². The van der Waals surface area contributed by atoms with Crippen molar-refractivity contribution in [2.45, 2.75) is 51.5 Å². The van der Waals surface area contributed by atoms with Gasteiger partial charge in [0.15, 0.2) is 0 Å². The number of carbonyl (C=O) groups excluding carboxylic acids is 2. The molecule has 2 fully saturated rings. The van der Waals surface area contributed by atoms with Gasteiger partial charge in [0.05, 0.1) is 6.54 Å². The maximum absolute atomic E-state index is 12.5. The number of fused-ring (bicyclic) bond motifs is 1. The van der Waals surface area contributed by atoms with Crippen molar-refractivity contribution in [3.05, 3.63) is 29.8 Å². The first kappa shape index (κ1) is 17.9. The lowest BCUT2D eigenvalue weighted by atomic mass is 9.78. The molecule has 2 aliphatic rings. The molecule has 1 aliphatic heterocycles. The molecule has 1 saturated heterocycles. The zero-order chi connectivity index (χ0) is 17.6. The Morgan fingerprint density at radius 1 is 1.16 bits per heavy atom. The van der Waals surface area contributed by atoms with E-state index in [4.69, 9.17) is 0 Å². The van der Waals surface area contributed by atoms with E-state index >= 15 is 0 Å². The van der Waals surface area contributed by atoms with Crippen LogP contribution in [0.5, 0.6) is 0 Å². The Kier molecular flexibility index (Phi) is 6.08. The maximum Gasteiger partial charge on any atom is 0.251 e. The number of hydrogen-bond donors (Lipinski definition) is 2. The molecule has 5 nitrogen and oxygen atoms in total. The first-order valence-electron chi connectivity index (χ1n) is 9.59. The van der Waals surface area contributed by atoms with Gasteiger partial charge in [0.25, 0.3) is 5.91 Å². The quantitative estimate of drug-likeness (QED) is 0.864. The van der Waals surface area contributed by atoms with Crippen LogP contribution in [0.15, 0.2) is 24.3 Å². The molecule has 25 heavy (non-hydrogen) atoms. The van der Waals surface area contributed by atoms with E-state index in [1.54, 1.807) is 18.2 Å². The van der Waals surface area contributed by atoms with Crippen LogP contribution in [0, 0.1) is 5.92 Å². The number of hydrogen-bond acceptors (Lipinski definition) is 3. The highest BCUT2D eigenvalue weighted by Crippen LogP contribution is 2.35. The first-order chi connectivity index (χ1) is 12.2. The van der Waals surface area contributed by atoms with Crippen LogP contribution in [0.4, 0.5) is 5.69 Å². The van der Waals surface area contributed by atoms with Crippen molar-refractivity contribution >= 4 is 17.5 Å². The minimum absolute atomic E-state index is 0.0132.